The van der Waals surface area contributed by atoms with Crippen LogP contribution in [-0.2, 0) is 9.59 Å². The molecular formula is C16H17N3O4. The van der Waals surface area contributed by atoms with Gasteiger partial charge in [0.1, 0.15) is 0 Å². The van der Waals surface area contributed by atoms with Crippen LogP contribution in [0.1, 0.15) is 12.0 Å². The molecule has 7 heteroatoms. The van der Waals surface area contributed by atoms with Crippen LogP contribution in [-0.4, -0.2) is 34.5 Å². The minimum atomic E-state index is -0.954. The monoisotopic (exact) mass is 315 g/mol. The second-order valence-corrected chi connectivity index (χ2v) is 5.15. The van der Waals surface area contributed by atoms with E-state index in [1.165, 1.54) is 4.90 Å². The highest BCUT2D eigenvalue weighted by atomic mass is 16.4. The van der Waals surface area contributed by atoms with Crippen LogP contribution in [0.5, 0.6) is 0 Å². The summed E-state index contributed by atoms with van der Waals surface area (Å²) in [7, 11) is 0. The molecule has 0 saturated carbocycles. The number of primary amides is 1. The molecule has 0 spiro atoms. The molecule has 0 aliphatic carbocycles. The van der Waals surface area contributed by atoms with Crippen LogP contribution in [0.25, 0.3) is 5.57 Å². The maximum Gasteiger partial charge on any atom is 0.316 e. The Hall–Kier alpha value is -3.09. The summed E-state index contributed by atoms with van der Waals surface area (Å²) in [5.41, 5.74) is 7.07. The Kier molecular flexibility index (Phi) is 4.80. The number of hydrogen-bond acceptors (Lipinski definition) is 3. The molecule has 0 saturated heterocycles. The van der Waals surface area contributed by atoms with Crippen molar-refractivity contribution in [3.63, 3.8) is 0 Å². The summed E-state index contributed by atoms with van der Waals surface area (Å²) >= 11 is 0. The van der Waals surface area contributed by atoms with E-state index in [2.05, 4.69) is 11.9 Å². The van der Waals surface area contributed by atoms with Crippen LogP contribution >= 0.6 is 0 Å². The first-order valence-electron chi connectivity index (χ1n) is 6.94. The summed E-state index contributed by atoms with van der Waals surface area (Å²) in [6.45, 7) is 3.54. The maximum atomic E-state index is 11.8. The molecule has 1 atom stereocenters. The van der Waals surface area contributed by atoms with Crippen molar-refractivity contribution >= 4 is 29.2 Å². The van der Waals surface area contributed by atoms with Gasteiger partial charge < -0.3 is 21.1 Å². The van der Waals surface area contributed by atoms with Gasteiger partial charge in [-0.05, 0) is 35.8 Å². The van der Waals surface area contributed by atoms with Gasteiger partial charge in [0.2, 0.25) is 5.91 Å². The molecule has 1 unspecified atom stereocenters. The normalized spacial score (nSPS) is 17.1. The van der Waals surface area contributed by atoms with Crippen molar-refractivity contribution in [1.82, 2.24) is 4.90 Å². The molecule has 120 valence electrons. The van der Waals surface area contributed by atoms with Crippen molar-refractivity contribution in [2.24, 2.45) is 11.7 Å². The number of aliphatic carboxylic acids is 1. The van der Waals surface area contributed by atoms with Crippen molar-refractivity contribution < 1.29 is 19.5 Å². The van der Waals surface area contributed by atoms with Crippen molar-refractivity contribution in [3.8, 4) is 0 Å². The number of carbonyl (C=O) groups is 3. The Morgan fingerprint density at radius 2 is 1.96 bits per heavy atom. The summed E-state index contributed by atoms with van der Waals surface area (Å²) in [6, 6.07) is 6.12. The average Bonchev–Trinajstić information content (AvgIpc) is 2.53. The molecule has 0 aromatic heterocycles. The molecule has 4 N–H and O–H groups in total. The zero-order chi connectivity index (χ0) is 17.0. The molecule has 3 amide bonds. The third-order valence-electron chi connectivity index (χ3n) is 3.53. The van der Waals surface area contributed by atoms with E-state index >= 15 is 0 Å². The van der Waals surface area contributed by atoms with E-state index in [0.717, 1.165) is 17.2 Å². The zero-order valence-corrected chi connectivity index (χ0v) is 12.4. The number of amides is 3. The predicted octanol–water partition coefficient (Wildman–Crippen LogP) is 1.64. The van der Waals surface area contributed by atoms with E-state index in [9.17, 15) is 19.5 Å². The van der Waals surface area contributed by atoms with E-state index < -0.39 is 17.9 Å². The number of allylic oxidation sites excluding steroid dienone is 1. The summed E-state index contributed by atoms with van der Waals surface area (Å²) in [5.74, 6) is -1.98. The molecule has 0 bridgehead atoms. The lowest BCUT2D eigenvalue weighted by atomic mass is 9.91. The number of nitrogens with one attached hydrogen (secondary N) is 1. The standard InChI is InChI=1S/C16H17N3O4/c1-2-14(20)19-8-11(7-12(9-19)15(21)22)10-3-5-13(6-4-10)18-16(17)23/h2-6,8,12H,1,7,9H2,(H,21,22)(H3,17,18,23). The number of nitrogens with zero attached hydrogens (tertiary/aromatic N) is 1. The lowest BCUT2D eigenvalue weighted by Crippen LogP contribution is -2.36. The molecule has 1 aromatic rings. The molecule has 1 aliphatic heterocycles. The minimum Gasteiger partial charge on any atom is -0.481 e. The molecule has 1 aliphatic rings. The smallest absolute Gasteiger partial charge is 0.316 e. The van der Waals surface area contributed by atoms with Crippen molar-refractivity contribution in [1.29, 1.82) is 0 Å². The van der Waals surface area contributed by atoms with Gasteiger partial charge in [0.25, 0.3) is 0 Å². The second-order valence-electron chi connectivity index (χ2n) is 5.15. The summed E-state index contributed by atoms with van der Waals surface area (Å²) in [6.07, 6.45) is 3.11. The second kappa shape index (κ2) is 6.78. The van der Waals surface area contributed by atoms with Gasteiger partial charge in [-0.3, -0.25) is 9.59 Å². The Bertz CT molecular complexity index is 679. The summed E-state index contributed by atoms with van der Waals surface area (Å²) < 4.78 is 0. The first kappa shape index (κ1) is 16.3. The zero-order valence-electron chi connectivity index (χ0n) is 12.4. The van der Waals surface area contributed by atoms with Gasteiger partial charge in [0, 0.05) is 18.4 Å². The fraction of sp³-hybridized carbons (Fsp3) is 0.188. The maximum absolute atomic E-state index is 11.8. The first-order chi connectivity index (χ1) is 10.9. The molecular weight excluding hydrogens is 298 g/mol. The molecule has 2 rings (SSSR count). The van der Waals surface area contributed by atoms with Gasteiger partial charge in [-0.1, -0.05) is 18.7 Å². The van der Waals surface area contributed by atoms with Gasteiger partial charge in [-0.2, -0.15) is 0 Å². The predicted molar refractivity (Wildman–Crippen MR) is 85.3 cm³/mol. The Labute approximate surface area is 133 Å². The van der Waals surface area contributed by atoms with Gasteiger partial charge in [-0.15, -0.1) is 0 Å². The summed E-state index contributed by atoms with van der Waals surface area (Å²) in [5, 5.41) is 11.7. The quantitative estimate of drug-likeness (QED) is 0.733. The molecule has 0 fully saturated rings. The topological polar surface area (TPSA) is 113 Å². The third-order valence-corrected chi connectivity index (χ3v) is 3.53. The molecule has 7 nitrogen and oxygen atoms in total. The van der Waals surface area contributed by atoms with E-state index in [4.69, 9.17) is 5.73 Å². The number of anilines is 1. The largest absolute Gasteiger partial charge is 0.481 e. The Morgan fingerprint density at radius 3 is 2.48 bits per heavy atom. The van der Waals surface area contributed by atoms with Gasteiger partial charge in [-0.25, -0.2) is 4.79 Å². The minimum absolute atomic E-state index is 0.116. The van der Waals surface area contributed by atoms with Crippen molar-refractivity contribution in [2.45, 2.75) is 6.42 Å². The number of benzene rings is 1. The average molecular weight is 315 g/mol. The molecule has 0 radical (unpaired) electrons. The number of carbonyl (C=O) groups excluding carboxylic acids is 2. The first-order valence-corrected chi connectivity index (χ1v) is 6.94. The highest BCUT2D eigenvalue weighted by Crippen LogP contribution is 2.29. The van der Waals surface area contributed by atoms with Crippen LogP contribution < -0.4 is 11.1 Å². The highest BCUT2D eigenvalue weighted by Gasteiger charge is 2.28. The van der Waals surface area contributed by atoms with E-state index in [0.29, 0.717) is 12.1 Å². The van der Waals surface area contributed by atoms with Crippen molar-refractivity contribution in [3.05, 3.63) is 48.7 Å². The number of carboxylic acids is 1. The van der Waals surface area contributed by atoms with Crippen LogP contribution in [0.2, 0.25) is 0 Å². The lowest BCUT2D eigenvalue weighted by Gasteiger charge is -2.28. The van der Waals surface area contributed by atoms with Crippen LogP contribution in [0, 0.1) is 5.92 Å². The number of carboxylic acid groups (broad SMARTS) is 1. The SMILES string of the molecule is C=CC(=O)N1C=C(c2ccc(NC(N)=O)cc2)CC(C(=O)O)C1. The molecule has 1 heterocycles. The lowest BCUT2D eigenvalue weighted by molar-refractivity contribution is -0.142. The van der Waals surface area contributed by atoms with E-state index in [1.54, 1.807) is 30.5 Å². The number of rotatable bonds is 4. The fourth-order valence-corrected chi connectivity index (χ4v) is 2.40. The van der Waals surface area contributed by atoms with Crippen LogP contribution in [0.3, 0.4) is 0 Å². The van der Waals surface area contributed by atoms with Crippen molar-refractivity contribution in [2.75, 3.05) is 11.9 Å². The Morgan fingerprint density at radius 1 is 1.30 bits per heavy atom. The fourth-order valence-electron chi connectivity index (χ4n) is 2.40. The highest BCUT2D eigenvalue weighted by molar-refractivity contribution is 5.91. The van der Waals surface area contributed by atoms with Crippen LogP contribution in [0.15, 0.2) is 43.1 Å². The van der Waals surface area contributed by atoms with Gasteiger partial charge in [0.05, 0.1) is 5.92 Å². The molecule has 23 heavy (non-hydrogen) atoms. The van der Waals surface area contributed by atoms with E-state index in [-0.39, 0.29) is 12.5 Å². The van der Waals surface area contributed by atoms with Crippen LogP contribution in [0.4, 0.5) is 10.5 Å². The van der Waals surface area contributed by atoms with Gasteiger partial charge >= 0.3 is 12.0 Å². The molecule has 1 aromatic carbocycles. The number of nitrogens with two attached hydrogens (primary N) is 1. The number of hydrogen-bond donors (Lipinski definition) is 3. The third kappa shape index (κ3) is 3.97. The van der Waals surface area contributed by atoms with E-state index in [1.807, 2.05) is 0 Å². The summed E-state index contributed by atoms with van der Waals surface area (Å²) in [4.78, 5) is 35.3. The number of urea groups is 1. The van der Waals surface area contributed by atoms with Gasteiger partial charge in [0.15, 0.2) is 0 Å². The Balaban J connectivity index is 2.29.